The molecule has 1 aliphatic rings. The first kappa shape index (κ1) is 26.7. The summed E-state index contributed by atoms with van der Waals surface area (Å²) in [6.07, 6.45) is 4.68. The van der Waals surface area contributed by atoms with Crippen LogP contribution in [0.2, 0.25) is 0 Å². The second-order valence-corrected chi connectivity index (χ2v) is 11.0. The summed E-state index contributed by atoms with van der Waals surface area (Å²) in [4.78, 5) is 27.3. The van der Waals surface area contributed by atoms with Gasteiger partial charge < -0.3 is 24.8 Å². The van der Waals surface area contributed by atoms with Crippen LogP contribution in [0.15, 0.2) is 60.8 Å². The van der Waals surface area contributed by atoms with Gasteiger partial charge in [-0.05, 0) is 70.7 Å². The maximum atomic E-state index is 13.0. The maximum absolute atomic E-state index is 13.0. The van der Waals surface area contributed by atoms with E-state index in [1.165, 1.54) is 5.56 Å². The normalized spacial score (nSPS) is 16.1. The van der Waals surface area contributed by atoms with Crippen LogP contribution in [0.4, 0.5) is 4.79 Å². The summed E-state index contributed by atoms with van der Waals surface area (Å²) in [5, 5.41) is 7.00. The summed E-state index contributed by atoms with van der Waals surface area (Å²) in [6.45, 7) is 10.7. The highest BCUT2D eigenvalue weighted by molar-refractivity contribution is 6.07. The summed E-state index contributed by atoms with van der Waals surface area (Å²) in [5.41, 5.74) is 2.54. The van der Waals surface area contributed by atoms with E-state index in [0.717, 1.165) is 61.9 Å². The third-order valence-corrected chi connectivity index (χ3v) is 6.72. The molecule has 198 valence electrons. The van der Waals surface area contributed by atoms with Gasteiger partial charge in [-0.25, -0.2) is 4.79 Å². The van der Waals surface area contributed by atoms with Crippen LogP contribution in [-0.2, 0) is 11.3 Å². The lowest BCUT2D eigenvalue weighted by molar-refractivity contribution is 0.0519. The number of carbonyl (C=O) groups is 2. The lowest BCUT2D eigenvalue weighted by Crippen LogP contribution is -2.36. The van der Waals surface area contributed by atoms with Gasteiger partial charge in [0.2, 0.25) is 0 Å². The topological polar surface area (TPSA) is 75.6 Å². The summed E-state index contributed by atoms with van der Waals surface area (Å²) in [7, 11) is 0. The smallest absolute Gasteiger partial charge is 0.407 e. The minimum Gasteiger partial charge on any atom is -0.444 e. The lowest BCUT2D eigenvalue weighted by atomic mass is 10.1. The summed E-state index contributed by atoms with van der Waals surface area (Å²) >= 11 is 0. The molecule has 4 rings (SSSR count). The quantitative estimate of drug-likeness (QED) is 0.379. The molecule has 3 aromatic rings. The number of hydrogen-bond acceptors (Lipinski definition) is 4. The molecule has 0 bridgehead atoms. The predicted molar refractivity (Wildman–Crippen MR) is 148 cm³/mol. The van der Waals surface area contributed by atoms with E-state index in [4.69, 9.17) is 4.74 Å². The molecule has 1 atom stereocenters. The van der Waals surface area contributed by atoms with E-state index in [9.17, 15) is 9.59 Å². The molecule has 0 unspecified atom stereocenters. The molecule has 1 fully saturated rings. The van der Waals surface area contributed by atoms with Gasteiger partial charge in [-0.2, -0.15) is 0 Å². The van der Waals surface area contributed by atoms with Crippen molar-refractivity contribution in [2.24, 2.45) is 5.92 Å². The largest absolute Gasteiger partial charge is 0.444 e. The van der Waals surface area contributed by atoms with Crippen LogP contribution in [0.1, 0.15) is 56.0 Å². The number of benzene rings is 2. The molecule has 1 aliphatic heterocycles. The zero-order chi connectivity index (χ0) is 26.3. The Labute approximate surface area is 220 Å². The molecular weight excluding hydrogens is 464 g/mol. The van der Waals surface area contributed by atoms with Crippen LogP contribution >= 0.6 is 0 Å². The van der Waals surface area contributed by atoms with Crippen molar-refractivity contribution >= 4 is 22.9 Å². The van der Waals surface area contributed by atoms with E-state index < -0.39 is 5.60 Å². The first-order valence-electron chi connectivity index (χ1n) is 13.4. The van der Waals surface area contributed by atoms with E-state index in [1.807, 2.05) is 63.4 Å². The molecule has 7 nitrogen and oxygen atoms in total. The second-order valence-electron chi connectivity index (χ2n) is 11.0. The van der Waals surface area contributed by atoms with Crippen LogP contribution in [0.5, 0.6) is 0 Å². The van der Waals surface area contributed by atoms with Crippen molar-refractivity contribution in [3.8, 4) is 0 Å². The van der Waals surface area contributed by atoms with Gasteiger partial charge >= 0.3 is 6.09 Å². The molecule has 0 aliphatic carbocycles. The van der Waals surface area contributed by atoms with Gasteiger partial charge in [0.15, 0.2) is 0 Å². The van der Waals surface area contributed by atoms with Crippen LogP contribution in [0, 0.1) is 5.92 Å². The van der Waals surface area contributed by atoms with E-state index in [2.05, 4.69) is 38.3 Å². The monoisotopic (exact) mass is 504 g/mol. The summed E-state index contributed by atoms with van der Waals surface area (Å²) in [6, 6.07) is 18.4. The minimum atomic E-state index is -0.472. The first-order valence-corrected chi connectivity index (χ1v) is 13.4. The number of alkyl carbamates (subject to hydrolysis) is 1. The standard InChI is InChI=1S/C30H40N4O3/c1-30(2,3)37-29(36)32-19-24-15-18-33(20-24)17-10-9-16-31-28(35)26-22-34(21-23-11-5-4-6-12-23)27-14-8-7-13-25(26)27/h4-8,11-14,22,24H,9-10,15-21H2,1-3H3,(H,31,35)(H,32,36)/t24-/m0/s1. The molecule has 0 saturated carbocycles. The molecule has 2 amide bonds. The van der Waals surface area contributed by atoms with Crippen molar-refractivity contribution in [2.45, 2.75) is 52.2 Å². The molecule has 2 aromatic carbocycles. The Balaban J connectivity index is 1.19. The molecular formula is C30H40N4O3. The Bertz CT molecular complexity index is 1180. The summed E-state index contributed by atoms with van der Waals surface area (Å²) < 4.78 is 7.47. The zero-order valence-corrected chi connectivity index (χ0v) is 22.3. The Kier molecular flexibility index (Phi) is 8.87. The van der Waals surface area contributed by atoms with Crippen molar-refractivity contribution in [1.29, 1.82) is 0 Å². The molecule has 0 spiro atoms. The highest BCUT2D eigenvalue weighted by Crippen LogP contribution is 2.23. The SMILES string of the molecule is CC(C)(C)OC(=O)NC[C@@H]1CCN(CCCCNC(=O)c2cn(Cc3ccccc3)c3ccccc23)C1. The molecule has 37 heavy (non-hydrogen) atoms. The molecule has 7 heteroatoms. The van der Waals surface area contributed by atoms with Crippen molar-refractivity contribution in [1.82, 2.24) is 20.1 Å². The Morgan fingerprint density at radius 1 is 1.00 bits per heavy atom. The van der Waals surface area contributed by atoms with Gasteiger partial charge in [0.05, 0.1) is 5.56 Å². The molecule has 2 heterocycles. The van der Waals surface area contributed by atoms with Crippen molar-refractivity contribution in [2.75, 3.05) is 32.7 Å². The number of unbranched alkanes of at least 4 members (excludes halogenated alkanes) is 1. The van der Waals surface area contributed by atoms with Gasteiger partial charge in [0, 0.05) is 43.3 Å². The Morgan fingerprint density at radius 2 is 1.76 bits per heavy atom. The van der Waals surface area contributed by atoms with Gasteiger partial charge in [-0.1, -0.05) is 48.5 Å². The average molecular weight is 505 g/mol. The van der Waals surface area contributed by atoms with Crippen LogP contribution < -0.4 is 10.6 Å². The fourth-order valence-electron chi connectivity index (χ4n) is 4.92. The first-order chi connectivity index (χ1) is 17.8. The summed E-state index contributed by atoms with van der Waals surface area (Å²) in [5.74, 6) is 0.442. The number of aromatic nitrogens is 1. The zero-order valence-electron chi connectivity index (χ0n) is 22.3. The number of likely N-dealkylation sites (tertiary alicyclic amines) is 1. The number of carbonyl (C=O) groups excluding carboxylic acids is 2. The minimum absolute atomic E-state index is 0.0162. The number of ether oxygens (including phenoxy) is 1. The fraction of sp³-hybridized carbons (Fsp3) is 0.467. The molecule has 0 radical (unpaired) electrons. The Morgan fingerprint density at radius 3 is 2.54 bits per heavy atom. The predicted octanol–water partition coefficient (Wildman–Crippen LogP) is 5.05. The molecule has 1 saturated heterocycles. The maximum Gasteiger partial charge on any atom is 0.407 e. The van der Waals surface area contributed by atoms with Gasteiger partial charge in [-0.3, -0.25) is 4.79 Å². The van der Waals surface area contributed by atoms with Crippen molar-refractivity contribution < 1.29 is 14.3 Å². The van der Waals surface area contributed by atoms with Crippen molar-refractivity contribution in [3.63, 3.8) is 0 Å². The fourth-order valence-corrected chi connectivity index (χ4v) is 4.92. The lowest BCUT2D eigenvalue weighted by Gasteiger charge is -2.21. The molecule has 1 aromatic heterocycles. The van der Waals surface area contributed by atoms with Crippen LogP contribution in [0.25, 0.3) is 10.9 Å². The highest BCUT2D eigenvalue weighted by Gasteiger charge is 2.23. The van der Waals surface area contributed by atoms with E-state index in [0.29, 0.717) is 19.0 Å². The second kappa shape index (κ2) is 12.3. The number of fused-ring (bicyclic) bond motifs is 1. The number of nitrogens with one attached hydrogen (secondary N) is 2. The van der Waals surface area contributed by atoms with E-state index in [-0.39, 0.29) is 12.0 Å². The van der Waals surface area contributed by atoms with E-state index >= 15 is 0 Å². The van der Waals surface area contributed by atoms with Crippen molar-refractivity contribution in [3.05, 3.63) is 71.9 Å². The van der Waals surface area contributed by atoms with Crippen LogP contribution in [0.3, 0.4) is 0 Å². The van der Waals surface area contributed by atoms with Gasteiger partial charge in [0.1, 0.15) is 5.60 Å². The third kappa shape index (κ3) is 7.83. The highest BCUT2D eigenvalue weighted by atomic mass is 16.6. The Hall–Kier alpha value is -3.32. The average Bonchev–Trinajstić information content (AvgIpc) is 3.47. The number of rotatable bonds is 10. The van der Waals surface area contributed by atoms with Gasteiger partial charge in [-0.15, -0.1) is 0 Å². The third-order valence-electron chi connectivity index (χ3n) is 6.72. The van der Waals surface area contributed by atoms with E-state index in [1.54, 1.807) is 0 Å². The number of amides is 2. The van der Waals surface area contributed by atoms with Gasteiger partial charge in [0.25, 0.3) is 5.91 Å². The number of para-hydroxylation sites is 1. The number of nitrogens with zero attached hydrogens (tertiary/aromatic N) is 2. The number of hydrogen-bond donors (Lipinski definition) is 2. The molecule has 2 N–H and O–H groups in total. The van der Waals surface area contributed by atoms with Crippen LogP contribution in [-0.4, -0.2) is 59.8 Å².